The monoisotopic (exact) mass is 381 g/mol. The number of carbonyl (C=O) groups excluding carboxylic acids is 2. The zero-order valence-corrected chi connectivity index (χ0v) is 16.7. The van der Waals surface area contributed by atoms with Crippen LogP contribution in [-0.4, -0.2) is 36.0 Å². The highest BCUT2D eigenvalue weighted by atomic mass is 16.5. The van der Waals surface area contributed by atoms with Crippen molar-refractivity contribution in [2.75, 3.05) is 13.2 Å². The molecule has 28 heavy (non-hydrogen) atoms. The van der Waals surface area contributed by atoms with Gasteiger partial charge in [0.2, 0.25) is 0 Å². The van der Waals surface area contributed by atoms with Crippen LogP contribution in [0.15, 0.2) is 48.5 Å². The molecule has 0 N–H and O–H groups in total. The van der Waals surface area contributed by atoms with Gasteiger partial charge in [0.1, 0.15) is 5.75 Å². The number of ether oxygens (including phenoxy) is 2. The number of hydrogen-bond acceptors (Lipinski definition) is 4. The zero-order chi connectivity index (χ0) is 20.1. The van der Waals surface area contributed by atoms with Crippen LogP contribution >= 0.6 is 0 Å². The molecule has 5 heteroatoms. The number of rotatable bonds is 6. The molecule has 0 unspecified atom stereocenters. The van der Waals surface area contributed by atoms with Crippen LogP contribution in [0.4, 0.5) is 0 Å². The maximum absolute atomic E-state index is 12.7. The Morgan fingerprint density at radius 1 is 1.00 bits per heavy atom. The summed E-state index contributed by atoms with van der Waals surface area (Å²) in [6.45, 7) is 7.59. The molecule has 1 aliphatic heterocycles. The maximum atomic E-state index is 12.7. The van der Waals surface area contributed by atoms with Gasteiger partial charge in [-0.1, -0.05) is 38.1 Å². The van der Waals surface area contributed by atoms with E-state index in [-0.39, 0.29) is 5.91 Å². The summed E-state index contributed by atoms with van der Waals surface area (Å²) >= 11 is 0. The SMILES string of the molecule is CC(C)COc1ccc(C(=O)O[C@H](C)C(=O)N2CCc3ccccc3C2)cc1. The van der Waals surface area contributed by atoms with E-state index in [1.807, 2.05) is 18.2 Å². The minimum absolute atomic E-state index is 0.167. The first-order chi connectivity index (χ1) is 13.4. The molecule has 1 amide bonds. The van der Waals surface area contributed by atoms with E-state index in [9.17, 15) is 9.59 Å². The number of hydrogen-bond donors (Lipinski definition) is 0. The van der Waals surface area contributed by atoms with Gasteiger partial charge in [-0.15, -0.1) is 0 Å². The van der Waals surface area contributed by atoms with Crippen LogP contribution in [0.1, 0.15) is 42.3 Å². The highest BCUT2D eigenvalue weighted by molar-refractivity contribution is 5.92. The Morgan fingerprint density at radius 2 is 1.68 bits per heavy atom. The maximum Gasteiger partial charge on any atom is 0.338 e. The molecular formula is C23H27NO4. The number of amides is 1. The lowest BCUT2D eigenvalue weighted by Gasteiger charge is -2.30. The molecule has 0 saturated carbocycles. The number of fused-ring (bicyclic) bond motifs is 1. The summed E-state index contributed by atoms with van der Waals surface area (Å²) in [5, 5.41) is 0. The van der Waals surface area contributed by atoms with Crippen molar-refractivity contribution in [2.45, 2.75) is 39.8 Å². The second kappa shape index (κ2) is 8.91. The summed E-state index contributed by atoms with van der Waals surface area (Å²) in [5.74, 6) is 0.466. The fourth-order valence-electron chi connectivity index (χ4n) is 3.17. The second-order valence-electron chi connectivity index (χ2n) is 7.56. The number of esters is 1. The van der Waals surface area contributed by atoms with E-state index in [1.54, 1.807) is 36.1 Å². The highest BCUT2D eigenvalue weighted by Gasteiger charge is 2.27. The molecule has 2 aromatic carbocycles. The minimum Gasteiger partial charge on any atom is -0.493 e. The zero-order valence-electron chi connectivity index (χ0n) is 16.7. The van der Waals surface area contributed by atoms with E-state index in [0.29, 0.717) is 36.9 Å². The van der Waals surface area contributed by atoms with Crippen LogP contribution in [0, 0.1) is 5.92 Å². The molecule has 0 fully saturated rings. The Hall–Kier alpha value is -2.82. The number of nitrogens with zero attached hydrogens (tertiary/aromatic N) is 1. The van der Waals surface area contributed by atoms with Crippen LogP contribution in [0.25, 0.3) is 0 Å². The molecular weight excluding hydrogens is 354 g/mol. The van der Waals surface area contributed by atoms with Crippen LogP contribution < -0.4 is 4.74 Å². The first-order valence-corrected chi connectivity index (χ1v) is 9.73. The Labute approximate surface area is 166 Å². The minimum atomic E-state index is -0.824. The van der Waals surface area contributed by atoms with Gasteiger partial charge < -0.3 is 14.4 Å². The predicted molar refractivity (Wildman–Crippen MR) is 107 cm³/mol. The lowest BCUT2D eigenvalue weighted by molar-refractivity contribution is -0.140. The van der Waals surface area contributed by atoms with Crippen molar-refractivity contribution in [2.24, 2.45) is 5.92 Å². The molecule has 1 aliphatic rings. The van der Waals surface area contributed by atoms with Gasteiger partial charge in [0.25, 0.3) is 5.91 Å². The van der Waals surface area contributed by atoms with Crippen LogP contribution in [0.2, 0.25) is 0 Å². The molecule has 3 rings (SSSR count). The van der Waals surface area contributed by atoms with Gasteiger partial charge in [-0.25, -0.2) is 4.79 Å². The summed E-state index contributed by atoms with van der Waals surface area (Å²) in [6.07, 6.45) is -0.00456. The van der Waals surface area contributed by atoms with E-state index in [2.05, 4.69) is 19.9 Å². The third kappa shape index (κ3) is 4.91. The van der Waals surface area contributed by atoms with Crippen LogP contribution in [0.5, 0.6) is 5.75 Å². The van der Waals surface area contributed by atoms with Crippen LogP contribution in [0.3, 0.4) is 0 Å². The molecule has 1 heterocycles. The molecule has 1 atom stereocenters. The summed E-state index contributed by atoms with van der Waals surface area (Å²) in [6, 6.07) is 14.9. The molecule has 0 saturated heterocycles. The highest BCUT2D eigenvalue weighted by Crippen LogP contribution is 2.20. The van der Waals surface area contributed by atoms with Gasteiger partial charge in [0.15, 0.2) is 6.10 Å². The first kappa shape index (κ1) is 19.9. The normalized spacial score (nSPS) is 14.4. The molecule has 2 aromatic rings. The van der Waals surface area contributed by atoms with Crippen LogP contribution in [-0.2, 0) is 22.5 Å². The van der Waals surface area contributed by atoms with Crippen molar-refractivity contribution in [1.29, 1.82) is 0 Å². The van der Waals surface area contributed by atoms with Gasteiger partial charge in [-0.05, 0) is 54.7 Å². The summed E-state index contributed by atoms with van der Waals surface area (Å²) in [7, 11) is 0. The fraction of sp³-hybridized carbons (Fsp3) is 0.391. The van der Waals surface area contributed by atoms with Crippen molar-refractivity contribution in [3.63, 3.8) is 0 Å². The van der Waals surface area contributed by atoms with E-state index in [4.69, 9.17) is 9.47 Å². The Balaban J connectivity index is 1.56. The largest absolute Gasteiger partial charge is 0.493 e. The van der Waals surface area contributed by atoms with E-state index in [0.717, 1.165) is 12.0 Å². The summed E-state index contributed by atoms with van der Waals surface area (Å²) < 4.78 is 11.0. The summed E-state index contributed by atoms with van der Waals surface area (Å²) in [4.78, 5) is 26.8. The predicted octanol–water partition coefficient (Wildman–Crippen LogP) is 3.85. The number of benzene rings is 2. The molecule has 0 radical (unpaired) electrons. The molecule has 0 spiro atoms. The molecule has 0 aromatic heterocycles. The topological polar surface area (TPSA) is 55.8 Å². The second-order valence-corrected chi connectivity index (χ2v) is 7.56. The van der Waals surface area contributed by atoms with E-state index in [1.165, 1.54) is 5.56 Å². The van der Waals surface area contributed by atoms with Gasteiger partial charge in [0.05, 0.1) is 12.2 Å². The first-order valence-electron chi connectivity index (χ1n) is 9.73. The van der Waals surface area contributed by atoms with E-state index >= 15 is 0 Å². The van der Waals surface area contributed by atoms with Gasteiger partial charge in [-0.3, -0.25) is 4.79 Å². The molecule has 0 aliphatic carbocycles. The van der Waals surface area contributed by atoms with Crippen molar-refractivity contribution in [1.82, 2.24) is 4.90 Å². The van der Waals surface area contributed by atoms with Crippen molar-refractivity contribution in [3.05, 3.63) is 65.2 Å². The summed E-state index contributed by atoms with van der Waals surface area (Å²) in [5.41, 5.74) is 2.83. The van der Waals surface area contributed by atoms with E-state index < -0.39 is 12.1 Å². The van der Waals surface area contributed by atoms with Gasteiger partial charge in [-0.2, -0.15) is 0 Å². The third-order valence-corrected chi connectivity index (χ3v) is 4.75. The van der Waals surface area contributed by atoms with Gasteiger partial charge in [0, 0.05) is 13.1 Å². The van der Waals surface area contributed by atoms with Crippen molar-refractivity contribution < 1.29 is 19.1 Å². The Bertz CT molecular complexity index is 829. The lowest BCUT2D eigenvalue weighted by atomic mass is 9.99. The standard InChI is InChI=1S/C23H27NO4/c1-16(2)15-27-21-10-8-19(9-11-21)23(26)28-17(3)22(25)24-13-12-18-6-4-5-7-20(18)14-24/h4-11,16-17H,12-15H2,1-3H3/t17-/m1/s1. The average Bonchev–Trinajstić information content (AvgIpc) is 2.71. The number of carbonyl (C=O) groups is 2. The third-order valence-electron chi connectivity index (χ3n) is 4.75. The van der Waals surface area contributed by atoms with Crippen molar-refractivity contribution in [3.8, 4) is 5.75 Å². The Kier molecular flexibility index (Phi) is 6.34. The smallest absolute Gasteiger partial charge is 0.338 e. The molecule has 5 nitrogen and oxygen atoms in total. The van der Waals surface area contributed by atoms with Crippen molar-refractivity contribution >= 4 is 11.9 Å². The quantitative estimate of drug-likeness (QED) is 0.713. The molecule has 148 valence electrons. The molecule has 0 bridgehead atoms. The average molecular weight is 381 g/mol. The lowest BCUT2D eigenvalue weighted by Crippen LogP contribution is -2.42. The van der Waals surface area contributed by atoms with Gasteiger partial charge >= 0.3 is 5.97 Å². The Morgan fingerprint density at radius 3 is 2.36 bits per heavy atom. The fourth-order valence-corrected chi connectivity index (χ4v) is 3.17.